The summed E-state index contributed by atoms with van der Waals surface area (Å²) in [6.07, 6.45) is 0.959. The van der Waals surface area contributed by atoms with Gasteiger partial charge in [-0.05, 0) is 38.0 Å². The van der Waals surface area contributed by atoms with Crippen LogP contribution in [-0.2, 0) is 11.2 Å². The van der Waals surface area contributed by atoms with Crippen molar-refractivity contribution in [3.05, 3.63) is 34.7 Å². The SMILES string of the molecule is CC(=O)Nc1sc2c(c1-c1nc3ccccc3s1)CC(C)NC2C. The molecular weight excluding hydrogens is 338 g/mol. The van der Waals surface area contributed by atoms with Crippen LogP contribution in [0.25, 0.3) is 20.8 Å². The Bertz CT molecular complexity index is 895. The van der Waals surface area contributed by atoms with Crippen molar-refractivity contribution in [3.63, 3.8) is 0 Å². The quantitative estimate of drug-likeness (QED) is 0.706. The van der Waals surface area contributed by atoms with Crippen molar-refractivity contribution in [1.29, 1.82) is 0 Å². The van der Waals surface area contributed by atoms with E-state index >= 15 is 0 Å². The van der Waals surface area contributed by atoms with Gasteiger partial charge < -0.3 is 10.6 Å². The van der Waals surface area contributed by atoms with Crippen LogP contribution in [-0.4, -0.2) is 16.9 Å². The van der Waals surface area contributed by atoms with Gasteiger partial charge in [0.2, 0.25) is 5.91 Å². The van der Waals surface area contributed by atoms with Gasteiger partial charge in [0.1, 0.15) is 10.0 Å². The summed E-state index contributed by atoms with van der Waals surface area (Å²) < 4.78 is 1.18. The molecule has 2 unspecified atom stereocenters. The van der Waals surface area contributed by atoms with Crippen LogP contribution < -0.4 is 10.6 Å². The lowest BCUT2D eigenvalue weighted by Gasteiger charge is -2.26. The first-order valence-corrected chi connectivity index (χ1v) is 9.71. The molecule has 0 saturated carbocycles. The molecule has 0 radical (unpaired) electrons. The maximum absolute atomic E-state index is 11.7. The van der Waals surface area contributed by atoms with Gasteiger partial charge >= 0.3 is 0 Å². The fraction of sp³-hybridized carbons (Fsp3) is 0.333. The largest absolute Gasteiger partial charge is 0.317 e. The van der Waals surface area contributed by atoms with Crippen molar-refractivity contribution in [2.24, 2.45) is 0 Å². The average Bonchev–Trinajstić information content (AvgIpc) is 3.07. The third-order valence-corrected chi connectivity index (χ3v) is 6.66. The van der Waals surface area contributed by atoms with Crippen LogP contribution >= 0.6 is 22.7 Å². The maximum atomic E-state index is 11.7. The number of thiophene rings is 1. The van der Waals surface area contributed by atoms with Crippen molar-refractivity contribution < 1.29 is 4.79 Å². The molecule has 4 nitrogen and oxygen atoms in total. The maximum Gasteiger partial charge on any atom is 0.221 e. The van der Waals surface area contributed by atoms with Crippen LogP contribution in [0, 0.1) is 0 Å². The molecule has 4 rings (SSSR count). The second-order valence-corrected chi connectivity index (χ2v) is 8.39. The Morgan fingerprint density at radius 2 is 2.08 bits per heavy atom. The first-order valence-electron chi connectivity index (χ1n) is 8.08. The molecule has 0 bridgehead atoms. The highest BCUT2D eigenvalue weighted by atomic mass is 32.1. The molecule has 0 spiro atoms. The number of hydrogen-bond acceptors (Lipinski definition) is 5. The molecule has 0 aliphatic carbocycles. The third-order valence-electron chi connectivity index (χ3n) is 4.27. The van der Waals surface area contributed by atoms with Gasteiger partial charge in [-0.25, -0.2) is 4.98 Å². The Morgan fingerprint density at radius 3 is 2.83 bits per heavy atom. The Labute approximate surface area is 148 Å². The zero-order chi connectivity index (χ0) is 16.8. The Kier molecular flexibility index (Phi) is 3.90. The summed E-state index contributed by atoms with van der Waals surface area (Å²) in [6.45, 7) is 5.95. The van der Waals surface area contributed by atoms with E-state index in [1.54, 1.807) is 29.6 Å². The average molecular weight is 358 g/mol. The van der Waals surface area contributed by atoms with E-state index in [2.05, 4.69) is 30.5 Å². The van der Waals surface area contributed by atoms with Gasteiger partial charge in [-0.2, -0.15) is 0 Å². The number of fused-ring (bicyclic) bond motifs is 2. The van der Waals surface area contributed by atoms with E-state index in [-0.39, 0.29) is 5.91 Å². The summed E-state index contributed by atoms with van der Waals surface area (Å²) in [5.74, 6) is -0.0374. The molecule has 0 fully saturated rings. The van der Waals surface area contributed by atoms with Gasteiger partial charge in [-0.15, -0.1) is 22.7 Å². The number of anilines is 1. The number of para-hydroxylation sites is 1. The molecule has 1 aliphatic rings. The van der Waals surface area contributed by atoms with Gasteiger partial charge in [0.05, 0.1) is 10.2 Å². The van der Waals surface area contributed by atoms with Crippen molar-refractivity contribution in [3.8, 4) is 10.6 Å². The summed E-state index contributed by atoms with van der Waals surface area (Å²) in [5, 5.41) is 8.54. The normalized spacial score (nSPS) is 20.1. The van der Waals surface area contributed by atoms with E-state index in [4.69, 9.17) is 4.98 Å². The first kappa shape index (κ1) is 15.7. The van der Waals surface area contributed by atoms with E-state index in [0.717, 1.165) is 27.5 Å². The Hall–Kier alpha value is -1.76. The number of amides is 1. The van der Waals surface area contributed by atoms with Crippen LogP contribution in [0.5, 0.6) is 0 Å². The lowest BCUT2D eigenvalue weighted by molar-refractivity contribution is -0.114. The molecule has 3 aromatic rings. The molecule has 1 amide bonds. The molecule has 2 aromatic heterocycles. The number of thiazole rings is 1. The fourth-order valence-corrected chi connectivity index (χ4v) is 5.76. The highest BCUT2D eigenvalue weighted by molar-refractivity contribution is 7.23. The topological polar surface area (TPSA) is 54.0 Å². The van der Waals surface area contributed by atoms with Gasteiger partial charge in [-0.3, -0.25) is 4.79 Å². The van der Waals surface area contributed by atoms with E-state index < -0.39 is 0 Å². The Morgan fingerprint density at radius 1 is 1.29 bits per heavy atom. The lowest BCUT2D eigenvalue weighted by atomic mass is 9.95. The third kappa shape index (κ3) is 2.64. The summed E-state index contributed by atoms with van der Waals surface area (Å²) in [5.41, 5.74) is 3.47. The minimum absolute atomic E-state index is 0.0374. The summed E-state index contributed by atoms with van der Waals surface area (Å²) >= 11 is 3.37. The molecule has 1 aromatic carbocycles. The van der Waals surface area contributed by atoms with Gasteiger partial charge in [0, 0.05) is 29.4 Å². The highest BCUT2D eigenvalue weighted by Crippen LogP contribution is 2.47. The van der Waals surface area contributed by atoms with Crippen LogP contribution in [0.15, 0.2) is 24.3 Å². The number of hydrogen-bond donors (Lipinski definition) is 2. The molecular formula is C18H19N3OS2. The predicted molar refractivity (Wildman–Crippen MR) is 102 cm³/mol. The van der Waals surface area contributed by atoms with Gasteiger partial charge in [0.25, 0.3) is 0 Å². The van der Waals surface area contributed by atoms with Crippen LogP contribution in [0.2, 0.25) is 0 Å². The van der Waals surface area contributed by atoms with E-state index in [1.807, 2.05) is 18.2 Å². The number of nitrogens with zero attached hydrogens (tertiary/aromatic N) is 1. The fourth-order valence-electron chi connectivity index (χ4n) is 3.36. The standard InChI is InChI=1S/C18H19N3OS2/c1-9-8-12-15(18-21-13-6-4-5-7-14(13)23-18)17(20-11(3)22)24-16(12)10(2)19-9/h4-7,9-10,19H,8H2,1-3H3,(H,20,22). The van der Waals surface area contributed by atoms with Crippen molar-refractivity contribution >= 4 is 43.8 Å². The minimum atomic E-state index is -0.0374. The molecule has 0 saturated heterocycles. The Balaban J connectivity index is 1.93. The summed E-state index contributed by atoms with van der Waals surface area (Å²) in [6, 6.07) is 8.90. The second kappa shape index (κ2) is 5.95. The van der Waals surface area contributed by atoms with E-state index in [1.165, 1.54) is 15.1 Å². The molecule has 6 heteroatoms. The van der Waals surface area contributed by atoms with Crippen molar-refractivity contribution in [1.82, 2.24) is 10.3 Å². The zero-order valence-electron chi connectivity index (χ0n) is 13.8. The number of aromatic nitrogens is 1. The lowest BCUT2D eigenvalue weighted by Crippen LogP contribution is -2.35. The van der Waals surface area contributed by atoms with Gasteiger partial charge in [0.15, 0.2) is 0 Å². The monoisotopic (exact) mass is 357 g/mol. The van der Waals surface area contributed by atoms with Crippen LogP contribution in [0.3, 0.4) is 0 Å². The first-order chi connectivity index (χ1) is 11.5. The minimum Gasteiger partial charge on any atom is -0.317 e. The number of carbonyl (C=O) groups is 1. The molecule has 1 aliphatic heterocycles. The van der Waals surface area contributed by atoms with E-state index in [9.17, 15) is 4.79 Å². The van der Waals surface area contributed by atoms with Crippen molar-refractivity contribution in [2.45, 2.75) is 39.3 Å². The number of rotatable bonds is 2. The molecule has 3 heterocycles. The van der Waals surface area contributed by atoms with Gasteiger partial charge in [-0.1, -0.05) is 12.1 Å². The number of benzene rings is 1. The van der Waals surface area contributed by atoms with E-state index in [0.29, 0.717) is 12.1 Å². The second-order valence-electron chi connectivity index (χ2n) is 6.31. The number of carbonyl (C=O) groups excluding carboxylic acids is 1. The van der Waals surface area contributed by atoms with Crippen LogP contribution in [0.1, 0.15) is 37.3 Å². The van der Waals surface area contributed by atoms with Crippen LogP contribution in [0.4, 0.5) is 5.00 Å². The number of nitrogens with one attached hydrogen (secondary N) is 2. The zero-order valence-corrected chi connectivity index (χ0v) is 15.5. The molecule has 2 N–H and O–H groups in total. The molecule has 2 atom stereocenters. The molecule has 24 heavy (non-hydrogen) atoms. The predicted octanol–water partition coefficient (Wildman–Crippen LogP) is 4.58. The van der Waals surface area contributed by atoms with Crippen molar-refractivity contribution in [2.75, 3.05) is 5.32 Å². The highest BCUT2D eigenvalue weighted by Gasteiger charge is 2.30. The molecule has 124 valence electrons. The summed E-state index contributed by atoms with van der Waals surface area (Å²) in [4.78, 5) is 17.8. The summed E-state index contributed by atoms with van der Waals surface area (Å²) in [7, 11) is 0. The smallest absolute Gasteiger partial charge is 0.221 e.